The lowest BCUT2D eigenvalue weighted by Gasteiger charge is -2.32. The first kappa shape index (κ1) is 14.8. The van der Waals surface area contributed by atoms with E-state index in [1.165, 1.54) is 37.8 Å². The van der Waals surface area contributed by atoms with Crippen molar-refractivity contribution in [3.63, 3.8) is 0 Å². The molecule has 0 saturated heterocycles. The fraction of sp³-hybridized carbons (Fsp3) is 0.600. The maximum Gasteiger partial charge on any atom is 0.123 e. The highest BCUT2D eigenvalue weighted by Crippen LogP contribution is 2.32. The van der Waals surface area contributed by atoms with Crippen molar-refractivity contribution in [2.24, 2.45) is 17.7 Å². The van der Waals surface area contributed by atoms with Gasteiger partial charge in [0, 0.05) is 16.7 Å². The van der Waals surface area contributed by atoms with Crippen LogP contribution in [0.15, 0.2) is 29.2 Å². The number of rotatable bonds is 5. The molecular formula is C15H23FN2S. The quantitative estimate of drug-likeness (QED) is 0.492. The van der Waals surface area contributed by atoms with E-state index in [1.807, 2.05) is 12.1 Å². The van der Waals surface area contributed by atoms with Crippen LogP contribution < -0.4 is 11.3 Å². The van der Waals surface area contributed by atoms with Gasteiger partial charge in [-0.05, 0) is 48.9 Å². The zero-order valence-electron chi connectivity index (χ0n) is 11.4. The molecule has 0 heterocycles. The van der Waals surface area contributed by atoms with Gasteiger partial charge in [0.2, 0.25) is 0 Å². The second-order valence-corrected chi connectivity index (χ2v) is 6.66. The van der Waals surface area contributed by atoms with Crippen molar-refractivity contribution in [2.45, 2.75) is 43.5 Å². The van der Waals surface area contributed by atoms with Crippen molar-refractivity contribution in [1.82, 2.24) is 5.43 Å². The summed E-state index contributed by atoms with van der Waals surface area (Å²) in [5, 5.41) is 0. The fourth-order valence-electron chi connectivity index (χ4n) is 2.88. The number of hydrogen-bond acceptors (Lipinski definition) is 3. The van der Waals surface area contributed by atoms with Crippen molar-refractivity contribution in [3.05, 3.63) is 30.1 Å². The number of nitrogens with two attached hydrogens (primary N) is 1. The highest BCUT2D eigenvalue weighted by molar-refractivity contribution is 7.99. The Hall–Kier alpha value is -0.580. The molecule has 2 rings (SSSR count). The average Bonchev–Trinajstić information content (AvgIpc) is 2.42. The van der Waals surface area contributed by atoms with E-state index < -0.39 is 0 Å². The summed E-state index contributed by atoms with van der Waals surface area (Å²) in [6.07, 6.45) is 5.19. The van der Waals surface area contributed by atoms with Crippen LogP contribution >= 0.6 is 11.8 Å². The lowest BCUT2D eigenvalue weighted by Crippen LogP contribution is -2.44. The second-order valence-electron chi connectivity index (χ2n) is 5.57. The van der Waals surface area contributed by atoms with Crippen LogP contribution in [0.1, 0.15) is 32.6 Å². The van der Waals surface area contributed by atoms with E-state index >= 15 is 0 Å². The molecule has 1 aromatic carbocycles. The third-order valence-electron chi connectivity index (χ3n) is 4.00. The third-order valence-corrected chi connectivity index (χ3v) is 5.13. The number of thioether (sulfide) groups is 1. The molecule has 0 amide bonds. The van der Waals surface area contributed by atoms with Crippen LogP contribution in [-0.2, 0) is 0 Å². The van der Waals surface area contributed by atoms with Crippen molar-refractivity contribution in [1.29, 1.82) is 0 Å². The van der Waals surface area contributed by atoms with E-state index in [2.05, 4.69) is 12.3 Å². The van der Waals surface area contributed by atoms with Crippen LogP contribution in [0.5, 0.6) is 0 Å². The van der Waals surface area contributed by atoms with Crippen molar-refractivity contribution in [3.8, 4) is 0 Å². The van der Waals surface area contributed by atoms with Gasteiger partial charge in [0.1, 0.15) is 5.82 Å². The SMILES string of the molecule is CC1CCCC(C(CSc2ccc(F)cc2)NN)C1. The first-order chi connectivity index (χ1) is 9.19. The number of hydrogen-bond donors (Lipinski definition) is 2. The molecule has 3 unspecified atom stereocenters. The zero-order valence-corrected chi connectivity index (χ0v) is 12.3. The summed E-state index contributed by atoms with van der Waals surface area (Å²) in [5.74, 6) is 7.96. The maximum absolute atomic E-state index is 12.8. The number of nitrogens with one attached hydrogen (secondary N) is 1. The molecule has 0 radical (unpaired) electrons. The average molecular weight is 282 g/mol. The molecule has 1 aromatic rings. The van der Waals surface area contributed by atoms with Crippen LogP contribution in [0, 0.1) is 17.7 Å². The van der Waals surface area contributed by atoms with Gasteiger partial charge in [-0.2, -0.15) is 0 Å². The molecule has 0 aromatic heterocycles. The fourth-order valence-corrected chi connectivity index (χ4v) is 3.95. The summed E-state index contributed by atoms with van der Waals surface area (Å²) in [5.41, 5.74) is 2.98. The Bertz CT molecular complexity index is 382. The lowest BCUT2D eigenvalue weighted by atomic mass is 9.79. The Kier molecular flexibility index (Phi) is 5.67. The zero-order chi connectivity index (χ0) is 13.7. The van der Waals surface area contributed by atoms with Crippen LogP contribution in [-0.4, -0.2) is 11.8 Å². The molecule has 4 heteroatoms. The van der Waals surface area contributed by atoms with Crippen LogP contribution in [0.3, 0.4) is 0 Å². The van der Waals surface area contributed by atoms with E-state index in [1.54, 1.807) is 11.8 Å². The maximum atomic E-state index is 12.8. The highest BCUT2D eigenvalue weighted by atomic mass is 32.2. The van der Waals surface area contributed by atoms with Crippen LogP contribution in [0.2, 0.25) is 0 Å². The van der Waals surface area contributed by atoms with Gasteiger partial charge < -0.3 is 0 Å². The van der Waals surface area contributed by atoms with Crippen molar-refractivity contribution < 1.29 is 4.39 Å². The second kappa shape index (κ2) is 7.27. The van der Waals surface area contributed by atoms with Gasteiger partial charge in [-0.15, -0.1) is 11.8 Å². The minimum absolute atomic E-state index is 0.182. The molecule has 1 fully saturated rings. The molecule has 106 valence electrons. The number of benzene rings is 1. The summed E-state index contributed by atoms with van der Waals surface area (Å²) in [4.78, 5) is 1.10. The Morgan fingerprint density at radius 2 is 2.11 bits per heavy atom. The monoisotopic (exact) mass is 282 g/mol. The Labute approximate surface area is 119 Å². The molecule has 1 saturated carbocycles. The van der Waals surface area contributed by atoms with Crippen molar-refractivity contribution >= 4 is 11.8 Å². The predicted molar refractivity (Wildman–Crippen MR) is 79.4 cm³/mol. The van der Waals surface area contributed by atoms with E-state index in [0.717, 1.165) is 16.6 Å². The molecule has 3 atom stereocenters. The Balaban J connectivity index is 1.86. The van der Waals surface area contributed by atoms with Gasteiger partial charge in [0.25, 0.3) is 0 Å². The standard InChI is InChI=1S/C15H23FN2S/c1-11-3-2-4-12(9-11)15(18-17)10-19-14-7-5-13(16)6-8-14/h5-8,11-12,15,18H,2-4,9-10,17H2,1H3. The molecular weight excluding hydrogens is 259 g/mol. The van der Waals surface area contributed by atoms with Gasteiger partial charge in [-0.1, -0.05) is 19.8 Å². The first-order valence-corrected chi connectivity index (χ1v) is 8.02. The van der Waals surface area contributed by atoms with E-state index in [-0.39, 0.29) is 5.82 Å². The summed E-state index contributed by atoms with van der Waals surface area (Å²) < 4.78 is 12.8. The normalized spacial score (nSPS) is 25.2. The predicted octanol–water partition coefficient (Wildman–Crippen LogP) is 3.58. The summed E-state index contributed by atoms with van der Waals surface area (Å²) in [6.45, 7) is 2.33. The third kappa shape index (κ3) is 4.48. The molecule has 3 N–H and O–H groups in total. The lowest BCUT2D eigenvalue weighted by molar-refractivity contribution is 0.235. The highest BCUT2D eigenvalue weighted by Gasteiger charge is 2.25. The summed E-state index contributed by atoms with van der Waals surface area (Å²) >= 11 is 1.75. The van der Waals surface area contributed by atoms with Gasteiger partial charge in [0.15, 0.2) is 0 Å². The Morgan fingerprint density at radius 1 is 1.37 bits per heavy atom. The molecule has 0 aliphatic heterocycles. The minimum Gasteiger partial charge on any atom is -0.271 e. The summed E-state index contributed by atoms with van der Waals surface area (Å²) in [7, 11) is 0. The van der Waals surface area contributed by atoms with E-state index in [4.69, 9.17) is 5.84 Å². The molecule has 0 bridgehead atoms. The molecule has 0 spiro atoms. The molecule has 2 nitrogen and oxygen atoms in total. The van der Waals surface area contributed by atoms with Gasteiger partial charge in [-0.3, -0.25) is 11.3 Å². The van der Waals surface area contributed by atoms with Crippen LogP contribution in [0.25, 0.3) is 0 Å². The van der Waals surface area contributed by atoms with Crippen molar-refractivity contribution in [2.75, 3.05) is 5.75 Å². The minimum atomic E-state index is -0.182. The largest absolute Gasteiger partial charge is 0.271 e. The van der Waals surface area contributed by atoms with Gasteiger partial charge in [-0.25, -0.2) is 4.39 Å². The van der Waals surface area contributed by atoms with Gasteiger partial charge in [0.05, 0.1) is 0 Å². The number of hydrazine groups is 1. The Morgan fingerprint density at radius 3 is 2.74 bits per heavy atom. The first-order valence-electron chi connectivity index (χ1n) is 7.03. The topological polar surface area (TPSA) is 38.0 Å². The smallest absolute Gasteiger partial charge is 0.123 e. The molecule has 1 aliphatic carbocycles. The van der Waals surface area contributed by atoms with E-state index in [0.29, 0.717) is 12.0 Å². The number of halogens is 1. The molecule has 19 heavy (non-hydrogen) atoms. The molecule has 1 aliphatic rings. The van der Waals surface area contributed by atoms with Gasteiger partial charge >= 0.3 is 0 Å². The van der Waals surface area contributed by atoms with Crippen LogP contribution in [0.4, 0.5) is 4.39 Å². The summed E-state index contributed by atoms with van der Waals surface area (Å²) in [6, 6.07) is 7.03. The van der Waals surface area contributed by atoms with E-state index in [9.17, 15) is 4.39 Å².